The van der Waals surface area contributed by atoms with Gasteiger partial charge in [-0.15, -0.1) is 0 Å². The van der Waals surface area contributed by atoms with Crippen molar-refractivity contribution in [2.75, 3.05) is 11.9 Å². The molecule has 0 aromatic heterocycles. The zero-order valence-electron chi connectivity index (χ0n) is 13.4. The maximum absolute atomic E-state index is 11.7. The van der Waals surface area contributed by atoms with E-state index in [2.05, 4.69) is 19.9 Å². The van der Waals surface area contributed by atoms with E-state index in [0.29, 0.717) is 12.3 Å². The Balaban J connectivity index is 2.19. The van der Waals surface area contributed by atoms with Gasteiger partial charge in [0.05, 0.1) is 6.10 Å². The molecule has 0 bridgehead atoms. The van der Waals surface area contributed by atoms with Crippen LogP contribution in [0.25, 0.3) is 0 Å². The molecular weight excluding hydrogens is 262 g/mol. The molecule has 1 aromatic rings. The second kappa shape index (κ2) is 7.08. The van der Waals surface area contributed by atoms with E-state index >= 15 is 0 Å². The first kappa shape index (κ1) is 16.0. The van der Waals surface area contributed by atoms with Crippen LogP contribution in [0.3, 0.4) is 0 Å². The fraction of sp³-hybridized carbons (Fsp3) is 0.611. The third-order valence-corrected chi connectivity index (χ3v) is 4.69. The van der Waals surface area contributed by atoms with Crippen molar-refractivity contribution in [2.45, 2.75) is 58.5 Å². The van der Waals surface area contributed by atoms with Crippen molar-refractivity contribution in [2.24, 2.45) is 5.92 Å². The number of aryl methyl sites for hydroxylation is 1. The standard InChI is InChI=1S/C18H27NO2/c1-4-6-7-13(5-2)18(21)15-8-10-16-14(12-15)9-11-17(20)19(16)3/h8,10,12-13,18,21H,4-7,9,11H2,1-3H3. The number of unbranched alkanes of at least 4 members (excludes halogenated alkanes) is 1. The maximum Gasteiger partial charge on any atom is 0.227 e. The van der Waals surface area contributed by atoms with Gasteiger partial charge in [0, 0.05) is 19.2 Å². The summed E-state index contributed by atoms with van der Waals surface area (Å²) in [5.74, 6) is 0.496. The summed E-state index contributed by atoms with van der Waals surface area (Å²) >= 11 is 0. The van der Waals surface area contributed by atoms with Crippen LogP contribution in [0, 0.1) is 5.92 Å². The van der Waals surface area contributed by atoms with Crippen LogP contribution in [0.15, 0.2) is 18.2 Å². The summed E-state index contributed by atoms with van der Waals surface area (Å²) in [7, 11) is 1.83. The molecule has 0 radical (unpaired) electrons. The molecule has 1 N–H and O–H groups in total. The molecule has 21 heavy (non-hydrogen) atoms. The quantitative estimate of drug-likeness (QED) is 0.864. The SMILES string of the molecule is CCCCC(CC)C(O)c1ccc2c(c1)CCC(=O)N2C. The van der Waals surface area contributed by atoms with Crippen molar-refractivity contribution < 1.29 is 9.90 Å². The van der Waals surface area contributed by atoms with E-state index in [1.54, 1.807) is 4.90 Å². The van der Waals surface area contributed by atoms with Crippen molar-refractivity contribution in [1.29, 1.82) is 0 Å². The summed E-state index contributed by atoms with van der Waals surface area (Å²) in [4.78, 5) is 13.5. The van der Waals surface area contributed by atoms with Crippen molar-refractivity contribution in [3.8, 4) is 0 Å². The number of amides is 1. The molecule has 0 spiro atoms. The highest BCUT2D eigenvalue weighted by Gasteiger charge is 2.24. The topological polar surface area (TPSA) is 40.5 Å². The van der Waals surface area contributed by atoms with E-state index in [1.807, 2.05) is 19.2 Å². The molecule has 0 fully saturated rings. The molecule has 2 unspecified atom stereocenters. The van der Waals surface area contributed by atoms with Crippen LogP contribution in [-0.4, -0.2) is 18.1 Å². The zero-order valence-corrected chi connectivity index (χ0v) is 13.4. The molecule has 1 aliphatic rings. The van der Waals surface area contributed by atoms with Crippen LogP contribution in [-0.2, 0) is 11.2 Å². The van der Waals surface area contributed by atoms with Crippen LogP contribution < -0.4 is 4.90 Å². The number of anilines is 1. The summed E-state index contributed by atoms with van der Waals surface area (Å²) in [6.07, 6.45) is 5.36. The number of fused-ring (bicyclic) bond motifs is 1. The van der Waals surface area contributed by atoms with Gasteiger partial charge < -0.3 is 10.0 Å². The Morgan fingerprint density at radius 1 is 1.29 bits per heavy atom. The summed E-state index contributed by atoms with van der Waals surface area (Å²) in [6, 6.07) is 6.06. The normalized spacial score (nSPS) is 17.5. The molecule has 1 heterocycles. The van der Waals surface area contributed by atoms with E-state index in [1.165, 1.54) is 12.0 Å². The Morgan fingerprint density at radius 3 is 2.71 bits per heavy atom. The third kappa shape index (κ3) is 3.46. The molecule has 2 atom stereocenters. The van der Waals surface area contributed by atoms with E-state index in [9.17, 15) is 9.90 Å². The lowest BCUT2D eigenvalue weighted by Crippen LogP contribution is -2.31. The Kier molecular flexibility index (Phi) is 5.40. The Labute approximate surface area is 128 Å². The number of carbonyl (C=O) groups excluding carboxylic acids is 1. The fourth-order valence-electron chi connectivity index (χ4n) is 3.18. The van der Waals surface area contributed by atoms with Gasteiger partial charge in [-0.05, 0) is 36.0 Å². The highest BCUT2D eigenvalue weighted by molar-refractivity contribution is 5.95. The zero-order chi connectivity index (χ0) is 15.4. The Hall–Kier alpha value is -1.35. The Bertz CT molecular complexity index is 498. The minimum atomic E-state index is -0.394. The maximum atomic E-state index is 11.7. The minimum Gasteiger partial charge on any atom is -0.388 e. The fourth-order valence-corrected chi connectivity index (χ4v) is 3.18. The highest BCUT2D eigenvalue weighted by atomic mass is 16.3. The number of carbonyl (C=O) groups is 1. The monoisotopic (exact) mass is 289 g/mol. The first-order chi connectivity index (χ1) is 10.1. The molecule has 0 aliphatic carbocycles. The van der Waals surface area contributed by atoms with Crippen molar-refractivity contribution in [3.63, 3.8) is 0 Å². The summed E-state index contributed by atoms with van der Waals surface area (Å²) < 4.78 is 0. The predicted molar refractivity (Wildman–Crippen MR) is 86.4 cm³/mol. The number of nitrogens with zero attached hydrogens (tertiary/aromatic N) is 1. The number of hydrogen-bond acceptors (Lipinski definition) is 2. The van der Waals surface area contributed by atoms with Gasteiger partial charge >= 0.3 is 0 Å². The molecule has 2 rings (SSSR count). The molecule has 3 nitrogen and oxygen atoms in total. The van der Waals surface area contributed by atoms with Gasteiger partial charge in [-0.3, -0.25) is 4.79 Å². The largest absolute Gasteiger partial charge is 0.388 e. The lowest BCUT2D eigenvalue weighted by Gasteiger charge is -2.28. The van der Waals surface area contributed by atoms with Gasteiger partial charge in [0.25, 0.3) is 0 Å². The smallest absolute Gasteiger partial charge is 0.227 e. The lowest BCUT2D eigenvalue weighted by atomic mass is 9.87. The van der Waals surface area contributed by atoms with Crippen LogP contribution in [0.1, 0.15) is 63.2 Å². The molecule has 0 saturated carbocycles. The van der Waals surface area contributed by atoms with Crippen LogP contribution in [0.4, 0.5) is 5.69 Å². The molecule has 0 saturated heterocycles. The second-order valence-electron chi connectivity index (χ2n) is 6.10. The highest BCUT2D eigenvalue weighted by Crippen LogP contribution is 2.33. The minimum absolute atomic E-state index is 0.171. The molecule has 1 amide bonds. The van der Waals surface area contributed by atoms with Gasteiger partial charge in [0.2, 0.25) is 5.91 Å². The first-order valence-corrected chi connectivity index (χ1v) is 8.15. The van der Waals surface area contributed by atoms with Gasteiger partial charge in [0.1, 0.15) is 0 Å². The lowest BCUT2D eigenvalue weighted by molar-refractivity contribution is -0.118. The number of hydrogen-bond donors (Lipinski definition) is 1. The molecule has 3 heteroatoms. The predicted octanol–water partition coefficient (Wildman–Crippen LogP) is 3.85. The average molecular weight is 289 g/mol. The van der Waals surface area contributed by atoms with Crippen LogP contribution in [0.2, 0.25) is 0 Å². The summed E-state index contributed by atoms with van der Waals surface area (Å²) in [5.41, 5.74) is 3.17. The second-order valence-corrected chi connectivity index (χ2v) is 6.10. The van der Waals surface area contributed by atoms with E-state index in [0.717, 1.165) is 36.9 Å². The van der Waals surface area contributed by atoms with E-state index in [-0.39, 0.29) is 5.91 Å². The number of aliphatic hydroxyl groups is 1. The van der Waals surface area contributed by atoms with E-state index in [4.69, 9.17) is 0 Å². The number of benzene rings is 1. The summed E-state index contributed by atoms with van der Waals surface area (Å²) in [5, 5.41) is 10.6. The first-order valence-electron chi connectivity index (χ1n) is 8.15. The van der Waals surface area contributed by atoms with Gasteiger partial charge in [-0.25, -0.2) is 0 Å². The van der Waals surface area contributed by atoms with Gasteiger partial charge in [0.15, 0.2) is 0 Å². The Morgan fingerprint density at radius 2 is 2.05 bits per heavy atom. The molecule has 1 aromatic carbocycles. The van der Waals surface area contributed by atoms with E-state index < -0.39 is 6.10 Å². The third-order valence-electron chi connectivity index (χ3n) is 4.69. The van der Waals surface area contributed by atoms with Crippen molar-refractivity contribution in [3.05, 3.63) is 29.3 Å². The van der Waals surface area contributed by atoms with Crippen molar-refractivity contribution >= 4 is 11.6 Å². The molecule has 1 aliphatic heterocycles. The van der Waals surface area contributed by atoms with Crippen LogP contribution in [0.5, 0.6) is 0 Å². The molecular formula is C18H27NO2. The van der Waals surface area contributed by atoms with Crippen molar-refractivity contribution in [1.82, 2.24) is 0 Å². The average Bonchev–Trinajstić information content (AvgIpc) is 2.51. The number of rotatable bonds is 6. The molecule has 116 valence electrons. The van der Waals surface area contributed by atoms with Gasteiger partial charge in [-0.1, -0.05) is 45.2 Å². The van der Waals surface area contributed by atoms with Crippen LogP contribution >= 0.6 is 0 Å². The summed E-state index contributed by atoms with van der Waals surface area (Å²) in [6.45, 7) is 4.33. The number of aliphatic hydroxyl groups excluding tert-OH is 1. The van der Waals surface area contributed by atoms with Gasteiger partial charge in [-0.2, -0.15) is 0 Å².